The number of carboxylic acid groups (broad SMARTS) is 1. The lowest BCUT2D eigenvalue weighted by molar-refractivity contribution is -0.342. The van der Waals surface area contributed by atoms with E-state index in [-0.39, 0.29) is 18.6 Å². The normalized spacial score (nSPS) is 27.3. The molecule has 2 aliphatic heterocycles. The van der Waals surface area contributed by atoms with E-state index >= 15 is 0 Å². The summed E-state index contributed by atoms with van der Waals surface area (Å²) < 4.78 is 44.9. The molecular formula is C35H38O15. The van der Waals surface area contributed by atoms with Gasteiger partial charge in [0, 0.05) is 39.7 Å². The van der Waals surface area contributed by atoms with Crippen LogP contribution >= 0.6 is 0 Å². The number of hydrogen-bond donors (Lipinski definition) is 1. The maximum absolute atomic E-state index is 12.5. The van der Waals surface area contributed by atoms with Crippen LogP contribution < -0.4 is 0 Å². The Labute approximate surface area is 287 Å². The molecule has 0 radical (unpaired) electrons. The van der Waals surface area contributed by atoms with Crippen molar-refractivity contribution in [3.63, 3.8) is 0 Å². The second-order valence-corrected chi connectivity index (χ2v) is 11.5. The Bertz CT molecular complexity index is 1560. The Balaban J connectivity index is 1.58. The van der Waals surface area contributed by atoms with Gasteiger partial charge in [0.15, 0.2) is 18.3 Å². The van der Waals surface area contributed by atoms with Crippen molar-refractivity contribution in [1.82, 2.24) is 0 Å². The van der Waals surface area contributed by atoms with Crippen molar-refractivity contribution in [1.29, 1.82) is 0 Å². The molecule has 1 aromatic carbocycles. The third kappa shape index (κ3) is 10.1. The van der Waals surface area contributed by atoms with Crippen molar-refractivity contribution in [3.05, 3.63) is 77.6 Å². The molecular weight excluding hydrogens is 660 g/mol. The number of allylic oxidation sites excluding steroid dienone is 3. The van der Waals surface area contributed by atoms with Gasteiger partial charge in [-0.05, 0) is 17.6 Å². The van der Waals surface area contributed by atoms with Gasteiger partial charge in [0.05, 0.1) is 17.8 Å². The predicted octanol–water partition coefficient (Wildman–Crippen LogP) is 2.79. The molecule has 15 heteroatoms. The number of esters is 5. The van der Waals surface area contributed by atoms with Crippen LogP contribution in [0.1, 0.15) is 39.7 Å². The highest BCUT2D eigenvalue weighted by Gasteiger charge is 2.55. The predicted molar refractivity (Wildman–Crippen MR) is 169 cm³/mol. The van der Waals surface area contributed by atoms with Crippen LogP contribution in [-0.4, -0.2) is 91.1 Å². The average Bonchev–Trinajstić information content (AvgIpc) is 3.48. The molecule has 0 unspecified atom stereocenters. The van der Waals surface area contributed by atoms with Gasteiger partial charge in [-0.3, -0.25) is 19.2 Å². The van der Waals surface area contributed by atoms with Gasteiger partial charge in [-0.15, -0.1) is 0 Å². The fraction of sp³-hybridized carbons (Fsp3) is 0.429. The summed E-state index contributed by atoms with van der Waals surface area (Å²) in [6.45, 7) is 3.69. The van der Waals surface area contributed by atoms with Crippen LogP contribution in [0.2, 0.25) is 0 Å². The van der Waals surface area contributed by atoms with Gasteiger partial charge in [0.25, 0.3) is 0 Å². The summed E-state index contributed by atoms with van der Waals surface area (Å²) in [6, 6.07) is 9.45. The van der Waals surface area contributed by atoms with Crippen molar-refractivity contribution in [2.24, 2.45) is 11.8 Å². The number of aliphatic carboxylic acids is 1. The van der Waals surface area contributed by atoms with Crippen LogP contribution in [0.15, 0.2) is 72.0 Å². The Hall–Kier alpha value is -5.28. The highest BCUT2D eigenvalue weighted by Crippen LogP contribution is 2.45. The first-order valence-corrected chi connectivity index (χ1v) is 15.6. The average molecular weight is 699 g/mol. The number of carbonyl (C=O) groups excluding carboxylic acids is 5. The molecule has 0 spiro atoms. The van der Waals surface area contributed by atoms with E-state index in [1.807, 2.05) is 36.4 Å². The topological polar surface area (TPSA) is 196 Å². The maximum Gasteiger partial charge on any atom is 0.335 e. The summed E-state index contributed by atoms with van der Waals surface area (Å²) >= 11 is 0. The molecule has 4 rings (SSSR count). The molecule has 50 heavy (non-hydrogen) atoms. The van der Waals surface area contributed by atoms with E-state index in [4.69, 9.17) is 37.9 Å². The first-order valence-electron chi connectivity index (χ1n) is 15.6. The van der Waals surface area contributed by atoms with E-state index in [1.165, 1.54) is 12.2 Å². The minimum Gasteiger partial charge on any atom is -0.478 e. The SMILES string of the molecule is CC(=O)OC[C@H]1O[C@@H](O[C@@H]2OC=C(C(=O)O)[C@H]3CC=C(COC(=O)C=CC=Cc4ccccc4)[C@@H]23)[C@H](OC(C)=O)[C@@H](OC(C)=O)[C@@H]1OC(C)=O. The Morgan fingerprint density at radius 3 is 2.12 bits per heavy atom. The highest BCUT2D eigenvalue weighted by atomic mass is 16.8. The van der Waals surface area contributed by atoms with Crippen LogP contribution in [0.5, 0.6) is 0 Å². The van der Waals surface area contributed by atoms with Gasteiger partial charge >= 0.3 is 35.8 Å². The first kappa shape index (κ1) is 37.5. The monoisotopic (exact) mass is 698 g/mol. The summed E-state index contributed by atoms with van der Waals surface area (Å²) in [5.41, 5.74) is 1.37. The number of carbonyl (C=O) groups is 6. The van der Waals surface area contributed by atoms with Gasteiger partial charge in [-0.25, -0.2) is 9.59 Å². The quantitative estimate of drug-likeness (QED) is 0.104. The highest BCUT2D eigenvalue weighted by molar-refractivity contribution is 5.87. The van der Waals surface area contributed by atoms with Gasteiger partial charge in [-0.1, -0.05) is 54.6 Å². The zero-order valence-corrected chi connectivity index (χ0v) is 27.8. The van der Waals surface area contributed by atoms with Crippen LogP contribution in [-0.2, 0) is 66.7 Å². The summed E-state index contributed by atoms with van der Waals surface area (Å²) in [7, 11) is 0. The van der Waals surface area contributed by atoms with Gasteiger partial charge < -0.3 is 43.0 Å². The minimum atomic E-state index is -1.59. The Morgan fingerprint density at radius 1 is 0.820 bits per heavy atom. The van der Waals surface area contributed by atoms with Crippen molar-refractivity contribution < 1.29 is 71.8 Å². The van der Waals surface area contributed by atoms with E-state index in [2.05, 4.69) is 0 Å². The third-order valence-corrected chi connectivity index (χ3v) is 7.79. The van der Waals surface area contributed by atoms with Crippen LogP contribution in [0.25, 0.3) is 6.08 Å². The lowest BCUT2D eigenvalue weighted by atomic mass is 9.83. The fourth-order valence-electron chi connectivity index (χ4n) is 5.80. The largest absolute Gasteiger partial charge is 0.478 e. The van der Waals surface area contributed by atoms with Crippen LogP contribution in [0.4, 0.5) is 0 Å². The number of benzene rings is 1. The number of carboxylic acids is 1. The minimum absolute atomic E-state index is 0.0556. The molecule has 2 heterocycles. The number of hydrogen-bond acceptors (Lipinski definition) is 14. The molecule has 0 amide bonds. The summed E-state index contributed by atoms with van der Waals surface area (Å²) in [5.74, 6) is -6.54. The van der Waals surface area contributed by atoms with E-state index in [9.17, 15) is 33.9 Å². The lowest BCUT2D eigenvalue weighted by Crippen LogP contribution is -2.63. The van der Waals surface area contributed by atoms with Crippen molar-refractivity contribution >= 4 is 41.9 Å². The smallest absolute Gasteiger partial charge is 0.335 e. The molecule has 3 aliphatic rings. The third-order valence-electron chi connectivity index (χ3n) is 7.79. The van der Waals surface area contributed by atoms with Crippen LogP contribution in [0, 0.1) is 11.8 Å². The van der Waals surface area contributed by atoms with Gasteiger partial charge in [-0.2, -0.15) is 0 Å². The molecule has 1 aromatic rings. The van der Waals surface area contributed by atoms with Crippen molar-refractivity contribution in [2.75, 3.05) is 13.2 Å². The van der Waals surface area contributed by atoms with E-state index < -0.39 is 91.3 Å². The van der Waals surface area contributed by atoms with Gasteiger partial charge in [0.2, 0.25) is 12.6 Å². The maximum atomic E-state index is 12.5. The zero-order chi connectivity index (χ0) is 36.4. The molecule has 1 fully saturated rings. The molecule has 0 aromatic heterocycles. The Kier molecular flexibility index (Phi) is 13.1. The van der Waals surface area contributed by atoms with Crippen LogP contribution in [0.3, 0.4) is 0 Å². The molecule has 8 atom stereocenters. The number of rotatable bonds is 13. The van der Waals surface area contributed by atoms with Crippen molar-refractivity contribution in [2.45, 2.75) is 71.1 Å². The fourth-order valence-corrected chi connectivity index (χ4v) is 5.80. The number of ether oxygens (including phenoxy) is 8. The zero-order valence-electron chi connectivity index (χ0n) is 27.8. The second kappa shape index (κ2) is 17.4. The first-order chi connectivity index (χ1) is 23.8. The summed E-state index contributed by atoms with van der Waals surface area (Å²) in [6.07, 6.45) is 0.614. The van der Waals surface area contributed by atoms with E-state index in [0.717, 1.165) is 39.5 Å². The Morgan fingerprint density at radius 2 is 1.48 bits per heavy atom. The van der Waals surface area contributed by atoms with E-state index in [0.29, 0.717) is 5.57 Å². The molecule has 0 saturated carbocycles. The molecule has 1 N–H and O–H groups in total. The number of fused-ring (bicyclic) bond motifs is 1. The molecule has 268 valence electrons. The summed E-state index contributed by atoms with van der Waals surface area (Å²) in [5, 5.41) is 9.87. The van der Waals surface area contributed by atoms with Gasteiger partial charge in [0.1, 0.15) is 19.3 Å². The van der Waals surface area contributed by atoms with Crippen molar-refractivity contribution in [3.8, 4) is 0 Å². The van der Waals surface area contributed by atoms with E-state index in [1.54, 1.807) is 12.2 Å². The molecule has 1 aliphatic carbocycles. The molecule has 15 nitrogen and oxygen atoms in total. The lowest BCUT2D eigenvalue weighted by Gasteiger charge is -2.45. The molecule has 1 saturated heterocycles. The summed E-state index contributed by atoms with van der Waals surface area (Å²) in [4.78, 5) is 72.8. The molecule has 0 bridgehead atoms. The second-order valence-electron chi connectivity index (χ2n) is 11.5. The standard InChI is InChI=1S/C35H38O15/c1-19(36)43-18-27-30(46-20(2)37)31(47-21(3)38)32(48-22(4)39)35(49-27)50-34-29-24(14-15-25(29)26(17-45-34)33(41)42)16-44-28(40)13-9-8-12-23-10-6-5-7-11-23/h5-14,17,25,27,29-32,34-35H,15-16,18H2,1-4H3,(H,41,42)/t25-,27-,29-,30-,31+,32-,34+,35+/m1/s1.